The number of hydrogen-bond acceptors (Lipinski definition) is 1. The Kier molecular flexibility index (Phi) is 1.69. The van der Waals surface area contributed by atoms with Crippen LogP contribution < -0.4 is 5.73 Å². The van der Waals surface area contributed by atoms with E-state index in [-0.39, 0.29) is 0 Å². The highest BCUT2D eigenvalue weighted by atomic mass is 14.6. The van der Waals surface area contributed by atoms with Crippen LogP contribution in [0.25, 0.3) is 0 Å². The molecule has 0 spiro atoms. The minimum absolute atomic E-state index is 0.868. The lowest BCUT2D eigenvalue weighted by atomic mass is 9.99. The van der Waals surface area contributed by atoms with Crippen LogP contribution >= 0.6 is 0 Å². The van der Waals surface area contributed by atoms with Crippen LogP contribution in [0.15, 0.2) is 0 Å². The normalized spacial score (nSPS) is 45.9. The lowest BCUT2D eigenvalue weighted by Crippen LogP contribution is -2.13. The molecule has 2 aliphatic carbocycles. The van der Waals surface area contributed by atoms with Crippen LogP contribution in [0.3, 0.4) is 0 Å². The van der Waals surface area contributed by atoms with Crippen molar-refractivity contribution in [3.8, 4) is 0 Å². The molecule has 1 nitrogen and oxygen atoms in total. The van der Waals surface area contributed by atoms with Gasteiger partial charge in [-0.15, -0.1) is 0 Å². The smallest absolute Gasteiger partial charge is 0.00489 e. The van der Waals surface area contributed by atoms with Gasteiger partial charge in [-0.1, -0.05) is 0 Å². The standard InChI is InChI=1S/C9H17N/c10-6-7-1-3-8-5-9(8)4-2-7/h7-9H,1-6,10H2. The van der Waals surface area contributed by atoms with E-state index in [1.807, 2.05) is 0 Å². The summed E-state index contributed by atoms with van der Waals surface area (Å²) in [5.41, 5.74) is 5.63. The Morgan fingerprint density at radius 1 is 1.00 bits per heavy atom. The summed E-state index contributed by atoms with van der Waals surface area (Å²) in [5.74, 6) is 3.11. The van der Waals surface area contributed by atoms with Gasteiger partial charge in [0.15, 0.2) is 0 Å². The fourth-order valence-corrected chi connectivity index (χ4v) is 2.30. The predicted octanol–water partition coefficient (Wildman–Crippen LogP) is 1.77. The first kappa shape index (κ1) is 6.66. The first-order chi connectivity index (χ1) is 4.90. The maximum Gasteiger partial charge on any atom is -0.00489 e. The van der Waals surface area contributed by atoms with Crippen LogP contribution in [-0.4, -0.2) is 6.54 Å². The molecule has 1 heteroatoms. The molecule has 58 valence electrons. The summed E-state index contributed by atoms with van der Waals surface area (Å²) in [5, 5.41) is 0. The molecular weight excluding hydrogens is 122 g/mol. The molecule has 0 aromatic rings. The van der Waals surface area contributed by atoms with E-state index < -0.39 is 0 Å². The van der Waals surface area contributed by atoms with Gasteiger partial charge in [0, 0.05) is 0 Å². The second-order valence-corrected chi connectivity index (χ2v) is 4.01. The molecular formula is C9H17N. The molecule has 2 fully saturated rings. The minimum atomic E-state index is 0.868. The van der Waals surface area contributed by atoms with Crippen molar-refractivity contribution in [1.82, 2.24) is 0 Å². The number of nitrogens with two attached hydrogens (primary N) is 1. The molecule has 0 amide bonds. The molecule has 0 saturated heterocycles. The summed E-state index contributed by atoms with van der Waals surface area (Å²) >= 11 is 0. The highest BCUT2D eigenvalue weighted by Gasteiger charge is 2.38. The zero-order chi connectivity index (χ0) is 6.97. The second-order valence-electron chi connectivity index (χ2n) is 4.01. The van der Waals surface area contributed by atoms with Crippen LogP contribution in [0.2, 0.25) is 0 Å². The third-order valence-corrected chi connectivity index (χ3v) is 3.29. The van der Waals surface area contributed by atoms with Gasteiger partial charge in [0.2, 0.25) is 0 Å². The Morgan fingerprint density at radius 2 is 1.60 bits per heavy atom. The van der Waals surface area contributed by atoms with E-state index in [0.717, 1.165) is 24.3 Å². The molecule has 0 aromatic heterocycles. The van der Waals surface area contributed by atoms with Crippen molar-refractivity contribution < 1.29 is 0 Å². The Morgan fingerprint density at radius 3 is 2.10 bits per heavy atom. The van der Waals surface area contributed by atoms with Crippen LogP contribution in [0, 0.1) is 17.8 Å². The molecule has 2 N–H and O–H groups in total. The van der Waals surface area contributed by atoms with Crippen molar-refractivity contribution in [2.75, 3.05) is 6.54 Å². The van der Waals surface area contributed by atoms with Crippen LogP contribution in [-0.2, 0) is 0 Å². The Bertz CT molecular complexity index is 110. The summed E-state index contributed by atoms with van der Waals surface area (Å²) in [6.45, 7) is 0.930. The number of hydrogen-bond donors (Lipinski definition) is 1. The lowest BCUT2D eigenvalue weighted by molar-refractivity contribution is 0.449. The molecule has 0 aromatic carbocycles. The predicted molar refractivity (Wildman–Crippen MR) is 42.6 cm³/mol. The molecule has 0 bridgehead atoms. The first-order valence-corrected chi connectivity index (χ1v) is 4.60. The minimum Gasteiger partial charge on any atom is -0.330 e. The average molecular weight is 139 g/mol. The molecule has 2 unspecified atom stereocenters. The van der Waals surface area contributed by atoms with E-state index in [1.54, 1.807) is 0 Å². The maximum absolute atomic E-state index is 5.63. The third kappa shape index (κ3) is 1.20. The number of fused-ring (bicyclic) bond motifs is 1. The van der Waals surface area contributed by atoms with Gasteiger partial charge in [0.25, 0.3) is 0 Å². The van der Waals surface area contributed by atoms with Crippen molar-refractivity contribution in [2.24, 2.45) is 23.5 Å². The summed E-state index contributed by atoms with van der Waals surface area (Å²) < 4.78 is 0. The summed E-state index contributed by atoms with van der Waals surface area (Å²) in [6, 6.07) is 0. The molecule has 2 saturated carbocycles. The van der Waals surface area contributed by atoms with E-state index in [2.05, 4.69) is 0 Å². The Labute approximate surface area is 63.0 Å². The molecule has 2 atom stereocenters. The van der Waals surface area contributed by atoms with Crippen molar-refractivity contribution in [3.05, 3.63) is 0 Å². The zero-order valence-electron chi connectivity index (χ0n) is 6.55. The average Bonchev–Trinajstić information content (AvgIpc) is 2.63. The fraction of sp³-hybridized carbons (Fsp3) is 1.00. The van der Waals surface area contributed by atoms with Crippen LogP contribution in [0.5, 0.6) is 0 Å². The van der Waals surface area contributed by atoms with Crippen molar-refractivity contribution in [2.45, 2.75) is 32.1 Å². The summed E-state index contributed by atoms with van der Waals surface area (Å²) in [7, 11) is 0. The van der Waals surface area contributed by atoms with Gasteiger partial charge >= 0.3 is 0 Å². The summed E-state index contributed by atoms with van der Waals surface area (Å²) in [4.78, 5) is 0. The van der Waals surface area contributed by atoms with E-state index in [1.165, 1.54) is 32.1 Å². The molecule has 2 rings (SSSR count). The van der Waals surface area contributed by atoms with Gasteiger partial charge in [-0.3, -0.25) is 0 Å². The van der Waals surface area contributed by atoms with E-state index in [9.17, 15) is 0 Å². The lowest BCUT2D eigenvalue weighted by Gasteiger charge is -2.10. The summed E-state index contributed by atoms with van der Waals surface area (Å²) in [6.07, 6.45) is 7.33. The number of rotatable bonds is 1. The van der Waals surface area contributed by atoms with Gasteiger partial charge in [0.05, 0.1) is 0 Å². The van der Waals surface area contributed by atoms with Crippen molar-refractivity contribution in [1.29, 1.82) is 0 Å². The van der Waals surface area contributed by atoms with Crippen molar-refractivity contribution in [3.63, 3.8) is 0 Å². The second kappa shape index (κ2) is 2.54. The third-order valence-electron chi connectivity index (χ3n) is 3.29. The van der Waals surface area contributed by atoms with Gasteiger partial charge in [0.1, 0.15) is 0 Å². The SMILES string of the molecule is NCC1CCC2CC2CC1. The molecule has 2 aliphatic rings. The van der Waals surface area contributed by atoms with E-state index in [0.29, 0.717) is 0 Å². The first-order valence-electron chi connectivity index (χ1n) is 4.60. The molecule has 0 heterocycles. The highest BCUT2D eigenvalue weighted by molar-refractivity contribution is 4.89. The highest BCUT2D eigenvalue weighted by Crippen LogP contribution is 2.48. The Balaban J connectivity index is 1.84. The van der Waals surface area contributed by atoms with E-state index >= 15 is 0 Å². The molecule has 10 heavy (non-hydrogen) atoms. The monoisotopic (exact) mass is 139 g/mol. The maximum atomic E-state index is 5.63. The Hall–Kier alpha value is -0.0400. The van der Waals surface area contributed by atoms with Crippen molar-refractivity contribution >= 4 is 0 Å². The van der Waals surface area contributed by atoms with E-state index in [4.69, 9.17) is 5.73 Å². The topological polar surface area (TPSA) is 26.0 Å². The van der Waals surface area contributed by atoms with Crippen LogP contribution in [0.1, 0.15) is 32.1 Å². The van der Waals surface area contributed by atoms with Gasteiger partial charge < -0.3 is 5.73 Å². The van der Waals surface area contributed by atoms with Gasteiger partial charge in [-0.05, 0) is 56.4 Å². The quantitative estimate of drug-likeness (QED) is 0.588. The van der Waals surface area contributed by atoms with Gasteiger partial charge in [-0.2, -0.15) is 0 Å². The van der Waals surface area contributed by atoms with Crippen LogP contribution in [0.4, 0.5) is 0 Å². The molecule has 0 radical (unpaired) electrons. The zero-order valence-corrected chi connectivity index (χ0v) is 6.55. The van der Waals surface area contributed by atoms with Gasteiger partial charge in [-0.25, -0.2) is 0 Å². The molecule has 0 aliphatic heterocycles. The largest absolute Gasteiger partial charge is 0.330 e. The fourth-order valence-electron chi connectivity index (χ4n) is 2.30.